The highest BCUT2D eigenvalue weighted by atomic mass is 79.9. The van der Waals surface area contributed by atoms with Gasteiger partial charge in [-0.05, 0) is 56.1 Å². The van der Waals surface area contributed by atoms with Gasteiger partial charge in [0.25, 0.3) is 0 Å². The van der Waals surface area contributed by atoms with Crippen LogP contribution in [0.3, 0.4) is 0 Å². The zero-order valence-corrected chi connectivity index (χ0v) is 14.6. The molecule has 21 heavy (non-hydrogen) atoms. The van der Waals surface area contributed by atoms with Crippen molar-refractivity contribution >= 4 is 15.9 Å². The highest BCUT2D eigenvalue weighted by molar-refractivity contribution is 9.10. The Morgan fingerprint density at radius 1 is 1.29 bits per heavy atom. The van der Waals surface area contributed by atoms with E-state index in [1.54, 1.807) is 14.2 Å². The Bertz CT molecular complexity index is 482. The minimum Gasteiger partial charge on any atom is -0.493 e. The molecule has 1 heterocycles. The molecule has 118 valence electrons. The predicted octanol–water partition coefficient (Wildman–Crippen LogP) is 3.20. The number of rotatable bonds is 6. The molecule has 0 bridgehead atoms. The lowest BCUT2D eigenvalue weighted by molar-refractivity contribution is 0.229. The van der Waals surface area contributed by atoms with E-state index < -0.39 is 0 Å². The summed E-state index contributed by atoms with van der Waals surface area (Å²) in [5.41, 5.74) is 7.24. The summed E-state index contributed by atoms with van der Waals surface area (Å²) in [6.45, 7) is 5.14. The van der Waals surface area contributed by atoms with Crippen LogP contribution in [0.25, 0.3) is 0 Å². The van der Waals surface area contributed by atoms with Crippen LogP contribution in [-0.4, -0.2) is 38.8 Å². The number of hydrogen-bond donors (Lipinski definition) is 1. The third-order valence-electron chi connectivity index (χ3n) is 4.26. The van der Waals surface area contributed by atoms with E-state index in [1.165, 1.54) is 5.56 Å². The van der Waals surface area contributed by atoms with Crippen LogP contribution in [0.15, 0.2) is 16.6 Å². The van der Waals surface area contributed by atoms with Crippen LogP contribution in [-0.2, 0) is 0 Å². The van der Waals surface area contributed by atoms with Crippen LogP contribution in [0.4, 0.5) is 0 Å². The molecular formula is C16H25BrN2O2. The first-order valence-electron chi connectivity index (χ1n) is 7.51. The Morgan fingerprint density at radius 3 is 2.52 bits per heavy atom. The van der Waals surface area contributed by atoms with E-state index in [0.29, 0.717) is 18.5 Å². The van der Waals surface area contributed by atoms with E-state index in [2.05, 4.69) is 33.8 Å². The lowest BCUT2D eigenvalue weighted by Crippen LogP contribution is -2.29. The number of halogens is 1. The molecule has 5 heteroatoms. The van der Waals surface area contributed by atoms with E-state index in [-0.39, 0.29) is 0 Å². The number of hydrogen-bond acceptors (Lipinski definition) is 4. The van der Waals surface area contributed by atoms with Crippen molar-refractivity contribution < 1.29 is 9.47 Å². The van der Waals surface area contributed by atoms with Gasteiger partial charge >= 0.3 is 0 Å². The van der Waals surface area contributed by atoms with Gasteiger partial charge in [0.15, 0.2) is 11.5 Å². The molecule has 0 saturated carbocycles. The number of nitrogens with zero attached hydrogens (tertiary/aromatic N) is 1. The van der Waals surface area contributed by atoms with Gasteiger partial charge in [-0.1, -0.05) is 22.9 Å². The number of ether oxygens (including phenoxy) is 2. The molecule has 0 radical (unpaired) electrons. The van der Waals surface area contributed by atoms with Gasteiger partial charge in [-0.3, -0.25) is 4.90 Å². The van der Waals surface area contributed by atoms with Crippen molar-refractivity contribution in [2.75, 3.05) is 33.9 Å². The summed E-state index contributed by atoms with van der Waals surface area (Å²) < 4.78 is 11.9. The molecule has 2 unspecified atom stereocenters. The third-order valence-corrected chi connectivity index (χ3v) is 4.95. The number of likely N-dealkylation sites (tertiary alicyclic amines) is 1. The summed E-state index contributed by atoms with van der Waals surface area (Å²) >= 11 is 3.69. The van der Waals surface area contributed by atoms with Gasteiger partial charge < -0.3 is 15.2 Å². The monoisotopic (exact) mass is 356 g/mol. The van der Waals surface area contributed by atoms with Gasteiger partial charge in [0, 0.05) is 10.5 Å². The summed E-state index contributed by atoms with van der Waals surface area (Å²) in [5.74, 6) is 2.01. The second-order valence-corrected chi connectivity index (χ2v) is 6.35. The number of nitrogens with two attached hydrogens (primary N) is 1. The Labute approximate surface area is 135 Å². The Hall–Kier alpha value is -0.780. The van der Waals surface area contributed by atoms with Crippen molar-refractivity contribution in [3.8, 4) is 11.5 Å². The molecule has 0 amide bonds. The molecule has 1 aromatic rings. The minimum atomic E-state index is 0.351. The molecule has 1 aliphatic heterocycles. The quantitative estimate of drug-likeness (QED) is 0.850. The molecule has 2 rings (SSSR count). The van der Waals surface area contributed by atoms with Gasteiger partial charge in [-0.15, -0.1) is 0 Å². The normalized spacial score (nSPS) is 22.5. The lowest BCUT2D eigenvalue weighted by Gasteiger charge is -2.29. The van der Waals surface area contributed by atoms with Crippen LogP contribution in [0.1, 0.15) is 31.4 Å². The highest BCUT2D eigenvalue weighted by Gasteiger charge is 2.35. The first-order chi connectivity index (χ1) is 10.2. The van der Waals surface area contributed by atoms with E-state index in [1.807, 2.05) is 6.07 Å². The molecule has 2 atom stereocenters. The van der Waals surface area contributed by atoms with Crippen LogP contribution in [0.2, 0.25) is 0 Å². The smallest absolute Gasteiger partial charge is 0.161 e. The van der Waals surface area contributed by atoms with Crippen LogP contribution >= 0.6 is 15.9 Å². The van der Waals surface area contributed by atoms with Crippen LogP contribution in [0.5, 0.6) is 11.5 Å². The summed E-state index contributed by atoms with van der Waals surface area (Å²) in [5, 5.41) is 0. The SMILES string of the molecule is CCCN1CCC(CN)C1c1cc(OC)c(OC)cc1Br. The summed E-state index contributed by atoms with van der Waals surface area (Å²) in [4.78, 5) is 2.53. The first-order valence-corrected chi connectivity index (χ1v) is 8.31. The van der Waals surface area contributed by atoms with Gasteiger partial charge in [-0.2, -0.15) is 0 Å². The summed E-state index contributed by atoms with van der Waals surface area (Å²) in [6, 6.07) is 4.43. The van der Waals surface area contributed by atoms with Gasteiger partial charge in [0.1, 0.15) is 0 Å². The molecule has 0 spiro atoms. The minimum absolute atomic E-state index is 0.351. The second kappa shape index (κ2) is 7.47. The van der Waals surface area contributed by atoms with Crippen molar-refractivity contribution in [1.29, 1.82) is 0 Å². The van der Waals surface area contributed by atoms with E-state index >= 15 is 0 Å². The van der Waals surface area contributed by atoms with Crippen LogP contribution in [0, 0.1) is 5.92 Å². The zero-order valence-electron chi connectivity index (χ0n) is 13.1. The fourth-order valence-electron chi connectivity index (χ4n) is 3.26. The predicted molar refractivity (Wildman–Crippen MR) is 89.0 cm³/mol. The topological polar surface area (TPSA) is 47.7 Å². The maximum Gasteiger partial charge on any atom is 0.161 e. The molecule has 2 N–H and O–H groups in total. The molecule has 4 nitrogen and oxygen atoms in total. The Morgan fingerprint density at radius 2 is 1.95 bits per heavy atom. The Balaban J connectivity index is 2.41. The largest absolute Gasteiger partial charge is 0.493 e. The van der Waals surface area contributed by atoms with Gasteiger partial charge in [0.05, 0.1) is 14.2 Å². The van der Waals surface area contributed by atoms with Crippen molar-refractivity contribution in [3.63, 3.8) is 0 Å². The fourth-order valence-corrected chi connectivity index (χ4v) is 3.82. The molecule has 0 aromatic heterocycles. The van der Waals surface area contributed by atoms with E-state index in [0.717, 1.165) is 41.9 Å². The molecule has 1 saturated heterocycles. The van der Waals surface area contributed by atoms with Gasteiger partial charge in [0.2, 0.25) is 0 Å². The van der Waals surface area contributed by atoms with Crippen molar-refractivity contribution in [2.24, 2.45) is 11.7 Å². The van der Waals surface area contributed by atoms with E-state index in [4.69, 9.17) is 15.2 Å². The molecule has 1 aliphatic rings. The highest BCUT2D eigenvalue weighted by Crippen LogP contribution is 2.43. The lowest BCUT2D eigenvalue weighted by atomic mass is 9.93. The standard InChI is InChI=1S/C16H25BrN2O2/c1-4-6-19-7-5-11(10-18)16(19)12-8-14(20-2)15(21-3)9-13(12)17/h8-9,11,16H,4-7,10,18H2,1-3H3. The first kappa shape index (κ1) is 16.6. The molecule has 0 aliphatic carbocycles. The fraction of sp³-hybridized carbons (Fsp3) is 0.625. The average molecular weight is 357 g/mol. The maximum absolute atomic E-state index is 6.00. The van der Waals surface area contributed by atoms with Gasteiger partial charge in [-0.25, -0.2) is 0 Å². The Kier molecular flexibility index (Phi) is 5.90. The van der Waals surface area contributed by atoms with E-state index in [9.17, 15) is 0 Å². The molecular weight excluding hydrogens is 332 g/mol. The summed E-state index contributed by atoms with van der Waals surface area (Å²) in [6.07, 6.45) is 2.31. The second-order valence-electron chi connectivity index (χ2n) is 5.49. The number of methoxy groups -OCH3 is 2. The number of benzene rings is 1. The van der Waals surface area contributed by atoms with Crippen molar-refractivity contribution in [2.45, 2.75) is 25.8 Å². The van der Waals surface area contributed by atoms with Crippen molar-refractivity contribution in [1.82, 2.24) is 4.90 Å². The average Bonchev–Trinajstić information content (AvgIpc) is 2.90. The van der Waals surface area contributed by atoms with Crippen LogP contribution < -0.4 is 15.2 Å². The molecule has 1 aromatic carbocycles. The zero-order chi connectivity index (χ0) is 15.4. The summed E-state index contributed by atoms with van der Waals surface area (Å²) in [7, 11) is 3.33. The third kappa shape index (κ3) is 3.35. The maximum atomic E-state index is 6.00. The molecule has 1 fully saturated rings. The van der Waals surface area contributed by atoms with Crippen molar-refractivity contribution in [3.05, 3.63) is 22.2 Å².